The molecule has 1 N–H and O–H groups in total. The highest BCUT2D eigenvalue weighted by atomic mass is 35.5. The van der Waals surface area contributed by atoms with E-state index in [9.17, 15) is 14.4 Å². The predicted octanol–water partition coefficient (Wildman–Crippen LogP) is 4.19. The van der Waals surface area contributed by atoms with E-state index in [4.69, 9.17) is 16.3 Å². The molecule has 2 aromatic carbocycles. The Hall–Kier alpha value is -2.77. The van der Waals surface area contributed by atoms with Crippen molar-refractivity contribution in [3.63, 3.8) is 0 Å². The number of halogens is 1. The molecule has 156 valence electrons. The number of nitrogens with one attached hydrogen (secondary N) is 1. The Balaban J connectivity index is 1.63. The lowest BCUT2D eigenvalue weighted by molar-refractivity contribution is -0.121. The van der Waals surface area contributed by atoms with Gasteiger partial charge in [-0.3, -0.25) is 14.4 Å². The van der Waals surface area contributed by atoms with E-state index in [1.54, 1.807) is 60.4 Å². The normalized spacial score (nSPS) is 13.8. The lowest BCUT2D eigenvalue weighted by atomic mass is 10.1. The second kappa shape index (κ2) is 9.82. The van der Waals surface area contributed by atoms with Crippen LogP contribution in [0.1, 0.15) is 17.3 Å². The summed E-state index contributed by atoms with van der Waals surface area (Å²) in [7, 11) is 0. The SMILES string of the molecule is C=CCN1C(=O)COc2ccc(C(=O)C(C)SCC(=O)Nc3ccc(Cl)cc3)cc21. The number of benzene rings is 2. The van der Waals surface area contributed by atoms with Crippen molar-refractivity contribution in [1.29, 1.82) is 0 Å². The van der Waals surface area contributed by atoms with Crippen molar-refractivity contribution in [3.05, 3.63) is 65.7 Å². The summed E-state index contributed by atoms with van der Waals surface area (Å²) in [6.07, 6.45) is 1.62. The number of thioether (sulfide) groups is 1. The minimum atomic E-state index is -0.438. The van der Waals surface area contributed by atoms with Crippen molar-refractivity contribution in [2.24, 2.45) is 0 Å². The molecule has 0 aliphatic carbocycles. The van der Waals surface area contributed by atoms with Crippen molar-refractivity contribution in [2.75, 3.05) is 29.1 Å². The second-order valence-electron chi connectivity index (χ2n) is 6.64. The molecule has 30 heavy (non-hydrogen) atoms. The van der Waals surface area contributed by atoms with E-state index in [-0.39, 0.29) is 30.0 Å². The number of ketones is 1. The number of carbonyl (C=O) groups excluding carboxylic acids is 3. The number of hydrogen-bond donors (Lipinski definition) is 1. The van der Waals surface area contributed by atoms with E-state index >= 15 is 0 Å². The van der Waals surface area contributed by atoms with Gasteiger partial charge in [-0.05, 0) is 49.4 Å². The van der Waals surface area contributed by atoms with E-state index in [2.05, 4.69) is 11.9 Å². The standard InChI is InChI=1S/C22H21ClN2O4S/c1-3-10-25-18-11-15(4-9-19(18)29-12-21(25)27)22(28)14(2)30-13-20(26)24-17-7-5-16(23)6-8-17/h3-9,11,14H,1,10,12-13H2,2H3,(H,24,26). The van der Waals surface area contributed by atoms with Crippen molar-refractivity contribution in [3.8, 4) is 5.75 Å². The minimum Gasteiger partial charge on any atom is -0.482 e. The molecule has 1 atom stereocenters. The molecule has 2 aromatic rings. The maximum atomic E-state index is 12.9. The summed E-state index contributed by atoms with van der Waals surface area (Å²) in [5.74, 6) is 0.163. The van der Waals surface area contributed by atoms with E-state index < -0.39 is 5.25 Å². The number of ether oxygens (including phenoxy) is 1. The summed E-state index contributed by atoms with van der Waals surface area (Å²) in [6.45, 7) is 5.73. The first-order chi connectivity index (χ1) is 14.4. The third-order valence-corrected chi connectivity index (χ3v) is 5.85. The molecular weight excluding hydrogens is 424 g/mol. The lowest BCUT2D eigenvalue weighted by Gasteiger charge is -2.29. The van der Waals surface area contributed by atoms with Crippen LogP contribution in [0, 0.1) is 0 Å². The van der Waals surface area contributed by atoms with Crippen LogP contribution in [-0.4, -0.2) is 41.8 Å². The van der Waals surface area contributed by atoms with Crippen LogP contribution in [0.4, 0.5) is 11.4 Å². The van der Waals surface area contributed by atoms with Gasteiger partial charge >= 0.3 is 0 Å². The number of fused-ring (bicyclic) bond motifs is 1. The molecule has 0 radical (unpaired) electrons. The first kappa shape index (κ1) is 21.9. The summed E-state index contributed by atoms with van der Waals surface area (Å²) in [5, 5.41) is 2.92. The van der Waals surface area contributed by atoms with Gasteiger partial charge in [0, 0.05) is 22.8 Å². The molecule has 2 amide bonds. The molecular formula is C22H21ClN2O4S. The van der Waals surface area contributed by atoms with Gasteiger partial charge in [0.15, 0.2) is 12.4 Å². The van der Waals surface area contributed by atoms with E-state index in [1.807, 2.05) is 0 Å². The van der Waals surface area contributed by atoms with Crippen molar-refractivity contribution < 1.29 is 19.1 Å². The van der Waals surface area contributed by atoms with Crippen LogP contribution in [0.3, 0.4) is 0 Å². The molecule has 1 aliphatic rings. The second-order valence-corrected chi connectivity index (χ2v) is 8.40. The number of Topliss-reactive ketones (excluding diaryl/α,β-unsaturated/α-hetero) is 1. The number of hydrogen-bond acceptors (Lipinski definition) is 5. The molecule has 0 aromatic heterocycles. The van der Waals surface area contributed by atoms with Gasteiger partial charge in [-0.25, -0.2) is 0 Å². The summed E-state index contributed by atoms with van der Waals surface area (Å²) >= 11 is 7.08. The Bertz CT molecular complexity index is 978. The molecule has 8 heteroatoms. The molecule has 1 unspecified atom stereocenters. The summed E-state index contributed by atoms with van der Waals surface area (Å²) < 4.78 is 5.45. The van der Waals surface area contributed by atoms with Gasteiger partial charge < -0.3 is 15.0 Å². The minimum absolute atomic E-state index is 0.0386. The highest BCUT2D eigenvalue weighted by Gasteiger charge is 2.26. The smallest absolute Gasteiger partial charge is 0.265 e. The Labute approximate surface area is 184 Å². The molecule has 3 rings (SSSR count). The van der Waals surface area contributed by atoms with Crippen LogP contribution >= 0.6 is 23.4 Å². The Morgan fingerprint density at radius 2 is 2.03 bits per heavy atom. The van der Waals surface area contributed by atoms with Crippen molar-refractivity contribution in [1.82, 2.24) is 0 Å². The van der Waals surface area contributed by atoms with Crippen LogP contribution in [0.15, 0.2) is 55.1 Å². The highest BCUT2D eigenvalue weighted by Crippen LogP contribution is 2.33. The van der Waals surface area contributed by atoms with Crippen molar-refractivity contribution in [2.45, 2.75) is 12.2 Å². The number of rotatable bonds is 8. The molecule has 0 saturated carbocycles. The van der Waals surface area contributed by atoms with Crippen LogP contribution in [0.5, 0.6) is 5.75 Å². The fraction of sp³-hybridized carbons (Fsp3) is 0.227. The van der Waals surface area contributed by atoms with Gasteiger partial charge in [0.1, 0.15) is 5.75 Å². The molecule has 6 nitrogen and oxygen atoms in total. The maximum Gasteiger partial charge on any atom is 0.265 e. The Kier molecular flexibility index (Phi) is 7.18. The molecule has 1 heterocycles. The van der Waals surface area contributed by atoms with E-state index in [1.165, 1.54) is 11.8 Å². The van der Waals surface area contributed by atoms with Gasteiger partial charge in [0.2, 0.25) is 5.91 Å². The average molecular weight is 445 g/mol. The molecule has 1 aliphatic heterocycles. The average Bonchev–Trinajstić information content (AvgIpc) is 2.75. The first-order valence-corrected chi connectivity index (χ1v) is 10.7. The van der Waals surface area contributed by atoms with Crippen LogP contribution in [0.2, 0.25) is 5.02 Å². The van der Waals surface area contributed by atoms with Gasteiger partial charge in [-0.15, -0.1) is 18.3 Å². The van der Waals surface area contributed by atoms with E-state index in [0.717, 1.165) is 0 Å². The van der Waals surface area contributed by atoms with E-state index in [0.29, 0.717) is 34.3 Å². The Morgan fingerprint density at radius 1 is 1.30 bits per heavy atom. The number of nitrogens with zero attached hydrogens (tertiary/aromatic N) is 1. The summed E-state index contributed by atoms with van der Waals surface area (Å²) in [6, 6.07) is 11.8. The van der Waals surface area contributed by atoms with Crippen LogP contribution in [-0.2, 0) is 9.59 Å². The summed E-state index contributed by atoms with van der Waals surface area (Å²) in [4.78, 5) is 38.7. The number of anilines is 2. The zero-order valence-electron chi connectivity index (χ0n) is 16.4. The zero-order chi connectivity index (χ0) is 21.7. The zero-order valence-corrected chi connectivity index (χ0v) is 18.0. The van der Waals surface area contributed by atoms with Gasteiger partial charge in [0.25, 0.3) is 5.91 Å². The molecule has 0 spiro atoms. The topological polar surface area (TPSA) is 75.7 Å². The largest absolute Gasteiger partial charge is 0.482 e. The van der Waals surface area contributed by atoms with Crippen LogP contribution < -0.4 is 15.0 Å². The first-order valence-electron chi connectivity index (χ1n) is 9.28. The number of amides is 2. The molecule has 0 saturated heterocycles. The van der Waals surface area contributed by atoms with Gasteiger partial charge in [-0.1, -0.05) is 17.7 Å². The molecule has 0 bridgehead atoms. The van der Waals surface area contributed by atoms with Crippen molar-refractivity contribution >= 4 is 52.3 Å². The van der Waals surface area contributed by atoms with Gasteiger partial charge in [0.05, 0.1) is 16.7 Å². The third-order valence-electron chi connectivity index (χ3n) is 4.46. The fourth-order valence-corrected chi connectivity index (χ4v) is 3.81. The quantitative estimate of drug-likeness (QED) is 0.488. The van der Waals surface area contributed by atoms with Gasteiger partial charge in [-0.2, -0.15) is 0 Å². The predicted molar refractivity (Wildman–Crippen MR) is 121 cm³/mol. The number of carbonyl (C=O) groups is 3. The summed E-state index contributed by atoms with van der Waals surface area (Å²) in [5.41, 5.74) is 1.65. The third kappa shape index (κ3) is 5.23. The monoisotopic (exact) mass is 444 g/mol. The fourth-order valence-electron chi connectivity index (χ4n) is 2.93. The Morgan fingerprint density at radius 3 is 2.73 bits per heavy atom. The maximum absolute atomic E-state index is 12.9. The highest BCUT2D eigenvalue weighted by molar-refractivity contribution is 8.01. The lowest BCUT2D eigenvalue weighted by Crippen LogP contribution is -2.39. The molecule has 0 fully saturated rings. The van der Waals surface area contributed by atoms with Crippen LogP contribution in [0.25, 0.3) is 0 Å².